The lowest BCUT2D eigenvalue weighted by Gasteiger charge is -2.06. The van der Waals surface area contributed by atoms with E-state index in [9.17, 15) is 0 Å². The second-order valence-corrected chi connectivity index (χ2v) is 5.68. The molecule has 0 aliphatic rings. The minimum Gasteiger partial charge on any atom is -0.327 e. The van der Waals surface area contributed by atoms with Gasteiger partial charge in [-0.15, -0.1) is 0 Å². The van der Waals surface area contributed by atoms with Crippen molar-refractivity contribution >= 4 is 27.0 Å². The average molecular weight is 326 g/mol. The van der Waals surface area contributed by atoms with Gasteiger partial charge in [-0.3, -0.25) is 0 Å². The second-order valence-electron chi connectivity index (χ2n) is 4.77. The van der Waals surface area contributed by atoms with Crippen molar-refractivity contribution in [3.05, 3.63) is 52.0 Å². The molecule has 0 atom stereocenters. The Labute approximate surface area is 125 Å². The fraction of sp³-hybridized carbons (Fsp3) is 0.125. The summed E-state index contributed by atoms with van der Waals surface area (Å²) in [5.74, 6) is 0.911. The normalized spacial score (nSPS) is 10.7. The molecule has 0 bridgehead atoms. The number of nitriles is 1. The van der Waals surface area contributed by atoms with E-state index < -0.39 is 0 Å². The van der Waals surface area contributed by atoms with Gasteiger partial charge in [-0.25, -0.2) is 4.98 Å². The number of aryl methyl sites for hydroxylation is 2. The van der Waals surface area contributed by atoms with Gasteiger partial charge in [0.1, 0.15) is 5.82 Å². The molecular formula is C16H12BrN3. The van der Waals surface area contributed by atoms with Gasteiger partial charge in [-0.1, -0.05) is 22.0 Å². The Bertz CT molecular complexity index is 856. The Morgan fingerprint density at radius 1 is 1.20 bits per heavy atom. The molecule has 20 heavy (non-hydrogen) atoms. The highest BCUT2D eigenvalue weighted by atomic mass is 79.9. The molecule has 4 heteroatoms. The van der Waals surface area contributed by atoms with Crippen LogP contribution in [0.4, 0.5) is 0 Å². The molecule has 0 unspecified atom stereocenters. The van der Waals surface area contributed by atoms with Gasteiger partial charge in [0.15, 0.2) is 0 Å². The lowest BCUT2D eigenvalue weighted by Crippen LogP contribution is -1.94. The molecule has 0 saturated carbocycles. The molecule has 1 aromatic heterocycles. The van der Waals surface area contributed by atoms with Crippen LogP contribution in [0.1, 0.15) is 11.1 Å². The van der Waals surface area contributed by atoms with E-state index in [2.05, 4.69) is 50.6 Å². The Morgan fingerprint density at radius 2 is 2.00 bits per heavy atom. The zero-order valence-electron chi connectivity index (χ0n) is 11.2. The number of rotatable bonds is 1. The number of aromatic nitrogens is 2. The molecule has 0 spiro atoms. The number of imidazole rings is 1. The van der Waals surface area contributed by atoms with Gasteiger partial charge in [0.25, 0.3) is 0 Å². The molecule has 0 aliphatic carbocycles. The van der Waals surface area contributed by atoms with Gasteiger partial charge in [0.05, 0.1) is 22.7 Å². The molecule has 98 valence electrons. The Morgan fingerprint density at radius 3 is 2.75 bits per heavy atom. The minimum absolute atomic E-state index is 0.633. The van der Waals surface area contributed by atoms with Gasteiger partial charge >= 0.3 is 0 Å². The summed E-state index contributed by atoms with van der Waals surface area (Å²) >= 11 is 3.50. The predicted molar refractivity (Wildman–Crippen MR) is 83.3 cm³/mol. The molecule has 0 radical (unpaired) electrons. The summed E-state index contributed by atoms with van der Waals surface area (Å²) in [6.45, 7) is 2.07. The molecule has 0 saturated heterocycles. The van der Waals surface area contributed by atoms with E-state index in [1.165, 1.54) is 5.56 Å². The largest absolute Gasteiger partial charge is 0.327 e. The van der Waals surface area contributed by atoms with Crippen molar-refractivity contribution < 1.29 is 0 Å². The zero-order chi connectivity index (χ0) is 14.3. The SMILES string of the molecule is Cc1ccc(Br)cc1-c1nc2cc(C#N)ccc2n1C. The number of nitrogens with zero attached hydrogens (tertiary/aromatic N) is 3. The average Bonchev–Trinajstić information content (AvgIpc) is 2.78. The molecular weight excluding hydrogens is 314 g/mol. The summed E-state index contributed by atoms with van der Waals surface area (Å²) in [5, 5.41) is 8.98. The van der Waals surface area contributed by atoms with Crippen LogP contribution >= 0.6 is 15.9 Å². The summed E-state index contributed by atoms with van der Waals surface area (Å²) in [7, 11) is 2.00. The lowest BCUT2D eigenvalue weighted by molar-refractivity contribution is 0.957. The first-order chi connectivity index (χ1) is 9.60. The third kappa shape index (κ3) is 2.00. The van der Waals surface area contributed by atoms with Crippen LogP contribution in [0.25, 0.3) is 22.4 Å². The number of fused-ring (bicyclic) bond motifs is 1. The van der Waals surface area contributed by atoms with Gasteiger partial charge in [0, 0.05) is 17.1 Å². The zero-order valence-corrected chi connectivity index (χ0v) is 12.8. The van der Waals surface area contributed by atoms with Crippen molar-refractivity contribution in [2.75, 3.05) is 0 Å². The standard InChI is InChI=1S/C16H12BrN3/c1-10-3-5-12(17)8-13(10)16-19-14-7-11(9-18)4-6-15(14)20(16)2/h3-8H,1-2H3. The molecule has 0 N–H and O–H groups in total. The monoisotopic (exact) mass is 325 g/mol. The van der Waals surface area contributed by atoms with Gasteiger partial charge in [-0.2, -0.15) is 5.26 Å². The number of benzene rings is 2. The first-order valence-electron chi connectivity index (χ1n) is 6.23. The molecule has 2 aromatic carbocycles. The van der Waals surface area contributed by atoms with Crippen LogP contribution in [0.3, 0.4) is 0 Å². The second kappa shape index (κ2) is 4.77. The van der Waals surface area contributed by atoms with Crippen molar-refractivity contribution in [3.8, 4) is 17.5 Å². The third-order valence-corrected chi connectivity index (χ3v) is 3.94. The van der Waals surface area contributed by atoms with Gasteiger partial charge in [0.2, 0.25) is 0 Å². The number of hydrogen-bond donors (Lipinski definition) is 0. The maximum atomic E-state index is 8.98. The molecule has 3 rings (SSSR count). The summed E-state index contributed by atoms with van der Waals surface area (Å²) in [6, 6.07) is 13.9. The number of halogens is 1. The first-order valence-corrected chi connectivity index (χ1v) is 7.02. The quantitative estimate of drug-likeness (QED) is 0.673. The highest BCUT2D eigenvalue weighted by Gasteiger charge is 2.12. The topological polar surface area (TPSA) is 41.6 Å². The first kappa shape index (κ1) is 12.9. The van der Waals surface area contributed by atoms with E-state index in [1.54, 1.807) is 0 Å². The van der Waals surface area contributed by atoms with Crippen LogP contribution in [0.2, 0.25) is 0 Å². The third-order valence-electron chi connectivity index (χ3n) is 3.45. The van der Waals surface area contributed by atoms with E-state index in [1.807, 2.05) is 31.3 Å². The summed E-state index contributed by atoms with van der Waals surface area (Å²) in [4.78, 5) is 4.68. The van der Waals surface area contributed by atoms with Crippen molar-refractivity contribution in [1.82, 2.24) is 9.55 Å². The maximum absolute atomic E-state index is 8.98. The maximum Gasteiger partial charge on any atom is 0.141 e. The fourth-order valence-corrected chi connectivity index (χ4v) is 2.71. The van der Waals surface area contributed by atoms with Crippen molar-refractivity contribution in [2.45, 2.75) is 6.92 Å². The Hall–Kier alpha value is -2.12. The van der Waals surface area contributed by atoms with Crippen LogP contribution in [0.15, 0.2) is 40.9 Å². The van der Waals surface area contributed by atoms with E-state index in [0.29, 0.717) is 5.56 Å². The summed E-state index contributed by atoms with van der Waals surface area (Å²) in [6.07, 6.45) is 0. The fourth-order valence-electron chi connectivity index (χ4n) is 2.35. The molecule has 1 heterocycles. The van der Waals surface area contributed by atoms with Crippen LogP contribution < -0.4 is 0 Å². The van der Waals surface area contributed by atoms with Crippen molar-refractivity contribution in [2.24, 2.45) is 7.05 Å². The van der Waals surface area contributed by atoms with Crippen LogP contribution in [-0.2, 0) is 7.05 Å². The predicted octanol–water partition coefficient (Wildman–Crippen LogP) is 4.18. The van der Waals surface area contributed by atoms with E-state index in [-0.39, 0.29) is 0 Å². The van der Waals surface area contributed by atoms with Crippen LogP contribution in [0, 0.1) is 18.3 Å². The van der Waals surface area contributed by atoms with Crippen LogP contribution in [-0.4, -0.2) is 9.55 Å². The molecule has 3 nitrogen and oxygen atoms in total. The van der Waals surface area contributed by atoms with Gasteiger partial charge < -0.3 is 4.57 Å². The Balaban J connectivity index is 2.29. The van der Waals surface area contributed by atoms with E-state index >= 15 is 0 Å². The molecule has 0 fully saturated rings. The van der Waals surface area contributed by atoms with Crippen molar-refractivity contribution in [3.63, 3.8) is 0 Å². The molecule has 3 aromatic rings. The number of hydrogen-bond acceptors (Lipinski definition) is 2. The lowest BCUT2D eigenvalue weighted by atomic mass is 10.1. The summed E-state index contributed by atoms with van der Waals surface area (Å²) < 4.78 is 3.09. The summed E-state index contributed by atoms with van der Waals surface area (Å²) in [5.41, 5.74) is 4.77. The van der Waals surface area contributed by atoms with Gasteiger partial charge in [-0.05, 0) is 42.8 Å². The Kier molecular flexibility index (Phi) is 3.07. The van der Waals surface area contributed by atoms with E-state index in [4.69, 9.17) is 5.26 Å². The smallest absolute Gasteiger partial charge is 0.141 e. The highest BCUT2D eigenvalue weighted by Crippen LogP contribution is 2.29. The molecule has 0 aliphatic heterocycles. The highest BCUT2D eigenvalue weighted by molar-refractivity contribution is 9.10. The minimum atomic E-state index is 0.633. The van der Waals surface area contributed by atoms with E-state index in [0.717, 1.165) is 26.9 Å². The molecule has 0 amide bonds. The van der Waals surface area contributed by atoms with Crippen LogP contribution in [0.5, 0.6) is 0 Å². The van der Waals surface area contributed by atoms with Crippen molar-refractivity contribution in [1.29, 1.82) is 5.26 Å².